The van der Waals surface area contributed by atoms with Gasteiger partial charge in [0.15, 0.2) is 17.8 Å². The fraction of sp³-hybridized carbons (Fsp3) is 0.320. The van der Waals surface area contributed by atoms with Gasteiger partial charge < -0.3 is 10.0 Å². The van der Waals surface area contributed by atoms with E-state index >= 15 is 0 Å². The highest BCUT2D eigenvalue weighted by Crippen LogP contribution is 2.27. The molecular weight excluding hydrogens is 571 g/mol. The third-order valence-corrected chi connectivity index (χ3v) is 7.77. The van der Waals surface area contributed by atoms with Crippen LogP contribution < -0.4 is 5.69 Å². The lowest BCUT2D eigenvalue weighted by atomic mass is 10.1. The van der Waals surface area contributed by atoms with Crippen LogP contribution >= 0.6 is 23.4 Å². The van der Waals surface area contributed by atoms with Crippen molar-refractivity contribution in [3.05, 3.63) is 81.8 Å². The van der Waals surface area contributed by atoms with Crippen LogP contribution in [0.25, 0.3) is 17.1 Å². The first kappa shape index (κ1) is 27.9. The number of aliphatic hydroxyl groups excluding tert-OH is 1. The van der Waals surface area contributed by atoms with Crippen LogP contribution in [-0.4, -0.2) is 75.0 Å². The van der Waals surface area contributed by atoms with Crippen molar-refractivity contribution in [1.82, 2.24) is 34.0 Å². The number of rotatable bonds is 7. The predicted octanol–water partition coefficient (Wildman–Crippen LogP) is 3.45. The van der Waals surface area contributed by atoms with Crippen LogP contribution in [0.3, 0.4) is 0 Å². The number of hydrogen-bond acceptors (Lipinski definition) is 7. The molecule has 2 aromatic heterocycles. The van der Waals surface area contributed by atoms with Crippen molar-refractivity contribution in [3.8, 4) is 17.1 Å². The lowest BCUT2D eigenvalue weighted by molar-refractivity contribution is -0.207. The normalized spacial score (nSPS) is 16.4. The molecule has 0 aliphatic carbocycles. The zero-order chi connectivity index (χ0) is 28.6. The van der Waals surface area contributed by atoms with Gasteiger partial charge in [0, 0.05) is 22.9 Å². The molecule has 1 aliphatic rings. The first-order chi connectivity index (χ1) is 19.0. The van der Waals surface area contributed by atoms with Crippen LogP contribution in [0.15, 0.2) is 59.7 Å². The molecule has 0 saturated carbocycles. The summed E-state index contributed by atoms with van der Waals surface area (Å²) in [6.45, 7) is 1.28. The molecule has 0 spiro atoms. The van der Waals surface area contributed by atoms with E-state index in [1.807, 2.05) is 6.92 Å². The first-order valence-electron chi connectivity index (χ1n) is 12.1. The maximum absolute atomic E-state index is 13.2. The highest BCUT2D eigenvalue weighted by atomic mass is 35.5. The average Bonchev–Trinajstić information content (AvgIpc) is 3.64. The SMILES string of the molecule is CC1SCCN1C(=O)c1ccccc1-n1cnc(Cn2nc(-c3ccc(Cl)cc3)n(C[C@H](O)C(F)(F)F)c2=O)n1. The lowest BCUT2D eigenvalue weighted by Crippen LogP contribution is -2.37. The molecule has 210 valence electrons. The van der Waals surface area contributed by atoms with Gasteiger partial charge in [-0.1, -0.05) is 23.7 Å². The number of carbonyl (C=O) groups excluding carboxylic acids is 1. The second-order valence-electron chi connectivity index (χ2n) is 9.03. The number of amides is 1. The Morgan fingerprint density at radius 3 is 2.58 bits per heavy atom. The van der Waals surface area contributed by atoms with Gasteiger partial charge in [-0.3, -0.25) is 9.36 Å². The van der Waals surface area contributed by atoms with E-state index in [4.69, 9.17) is 11.6 Å². The topological polar surface area (TPSA) is 111 Å². The Kier molecular flexibility index (Phi) is 7.75. The van der Waals surface area contributed by atoms with Gasteiger partial charge in [-0.05, 0) is 43.3 Å². The fourth-order valence-electron chi connectivity index (χ4n) is 4.29. The molecule has 15 heteroatoms. The summed E-state index contributed by atoms with van der Waals surface area (Å²) in [6, 6.07) is 13.0. The summed E-state index contributed by atoms with van der Waals surface area (Å²) in [5, 5.41) is 18.7. The molecule has 1 aliphatic heterocycles. The molecule has 1 N–H and O–H groups in total. The van der Waals surface area contributed by atoms with E-state index in [-0.39, 0.29) is 29.5 Å². The van der Waals surface area contributed by atoms with E-state index in [1.54, 1.807) is 40.9 Å². The molecular formula is C25H23ClF3N7O3S. The smallest absolute Gasteiger partial charge is 0.382 e. The lowest BCUT2D eigenvalue weighted by Gasteiger charge is -2.21. The van der Waals surface area contributed by atoms with Crippen molar-refractivity contribution in [3.63, 3.8) is 0 Å². The molecule has 40 heavy (non-hydrogen) atoms. The first-order valence-corrected chi connectivity index (χ1v) is 13.6. The van der Waals surface area contributed by atoms with E-state index in [0.29, 0.717) is 28.4 Å². The zero-order valence-electron chi connectivity index (χ0n) is 21.0. The Labute approximate surface area is 235 Å². The molecule has 1 unspecified atom stereocenters. The van der Waals surface area contributed by atoms with Gasteiger partial charge in [-0.25, -0.2) is 19.1 Å². The average molecular weight is 594 g/mol. The minimum Gasteiger partial charge on any atom is -0.382 e. The van der Waals surface area contributed by atoms with E-state index in [0.717, 1.165) is 15.0 Å². The van der Waals surface area contributed by atoms with Crippen molar-refractivity contribution in [1.29, 1.82) is 0 Å². The maximum atomic E-state index is 13.2. The molecule has 10 nitrogen and oxygen atoms in total. The zero-order valence-corrected chi connectivity index (χ0v) is 22.6. The Bertz CT molecular complexity index is 1590. The Morgan fingerprint density at radius 1 is 1.18 bits per heavy atom. The van der Waals surface area contributed by atoms with Crippen LogP contribution in [0.1, 0.15) is 23.1 Å². The summed E-state index contributed by atoms with van der Waals surface area (Å²) in [4.78, 5) is 32.4. The number of aromatic nitrogens is 6. The largest absolute Gasteiger partial charge is 0.416 e. The van der Waals surface area contributed by atoms with Crippen LogP contribution in [0, 0.1) is 0 Å². The third kappa shape index (κ3) is 5.64. The minimum atomic E-state index is -4.94. The fourth-order valence-corrected chi connectivity index (χ4v) is 5.44. The second kappa shape index (κ2) is 11.1. The number of nitrogens with zero attached hydrogens (tertiary/aromatic N) is 7. The molecule has 1 saturated heterocycles. The van der Waals surface area contributed by atoms with Crippen molar-refractivity contribution in [2.24, 2.45) is 0 Å². The van der Waals surface area contributed by atoms with Crippen LogP contribution in [0.4, 0.5) is 13.2 Å². The van der Waals surface area contributed by atoms with Gasteiger partial charge >= 0.3 is 11.9 Å². The van der Waals surface area contributed by atoms with Crippen molar-refractivity contribution in [2.45, 2.75) is 37.7 Å². The van der Waals surface area contributed by atoms with Gasteiger partial charge in [0.05, 0.1) is 23.2 Å². The molecule has 4 aromatic rings. The summed E-state index contributed by atoms with van der Waals surface area (Å²) >= 11 is 7.62. The second-order valence-corrected chi connectivity index (χ2v) is 10.9. The number of para-hydroxylation sites is 1. The number of thioether (sulfide) groups is 1. The monoisotopic (exact) mass is 593 g/mol. The van der Waals surface area contributed by atoms with E-state index < -0.39 is 24.5 Å². The molecule has 0 bridgehead atoms. The molecule has 2 atom stereocenters. The number of alkyl halides is 3. The standard InChI is InChI=1S/C25H23ClF3N7O3S/c1-15-33(10-11-40-15)23(38)18-4-2-3-5-19(18)36-14-30-21(31-36)13-35-24(39)34(12-20(37)25(27,28)29)22(32-35)16-6-8-17(26)9-7-16/h2-9,14-15,20,37H,10-13H2,1H3/t15?,20-/m0/s1. The van der Waals surface area contributed by atoms with Gasteiger partial charge in [-0.15, -0.1) is 22.0 Å². The predicted molar refractivity (Wildman–Crippen MR) is 142 cm³/mol. The van der Waals surface area contributed by atoms with Gasteiger partial charge in [0.1, 0.15) is 12.9 Å². The summed E-state index contributed by atoms with van der Waals surface area (Å²) in [6.07, 6.45) is -6.33. The summed E-state index contributed by atoms with van der Waals surface area (Å²) < 4.78 is 42.4. The number of halogens is 4. The quantitative estimate of drug-likeness (QED) is 0.349. The number of hydrogen-bond donors (Lipinski definition) is 1. The molecule has 1 fully saturated rings. The van der Waals surface area contributed by atoms with E-state index in [9.17, 15) is 27.9 Å². The van der Waals surface area contributed by atoms with Crippen LogP contribution in [0.2, 0.25) is 5.02 Å². The molecule has 5 rings (SSSR count). The molecule has 1 amide bonds. The van der Waals surface area contributed by atoms with E-state index in [1.165, 1.54) is 35.3 Å². The summed E-state index contributed by atoms with van der Waals surface area (Å²) in [7, 11) is 0. The highest BCUT2D eigenvalue weighted by molar-refractivity contribution is 8.00. The number of benzene rings is 2. The van der Waals surface area contributed by atoms with Gasteiger partial charge in [0.25, 0.3) is 5.91 Å². The maximum Gasteiger partial charge on any atom is 0.416 e. The van der Waals surface area contributed by atoms with Gasteiger partial charge in [-0.2, -0.15) is 13.2 Å². The van der Waals surface area contributed by atoms with E-state index in [2.05, 4.69) is 15.2 Å². The summed E-state index contributed by atoms with van der Waals surface area (Å²) in [5.41, 5.74) is 0.361. The Hall–Kier alpha value is -3.62. The van der Waals surface area contributed by atoms with Crippen LogP contribution in [-0.2, 0) is 13.1 Å². The van der Waals surface area contributed by atoms with Gasteiger partial charge in [0.2, 0.25) is 0 Å². The number of carbonyl (C=O) groups is 1. The Balaban J connectivity index is 1.46. The molecule has 2 aromatic carbocycles. The van der Waals surface area contributed by atoms with Crippen molar-refractivity contribution in [2.75, 3.05) is 12.3 Å². The van der Waals surface area contributed by atoms with Crippen molar-refractivity contribution < 1.29 is 23.1 Å². The number of aliphatic hydroxyl groups is 1. The van der Waals surface area contributed by atoms with Crippen LogP contribution in [0.5, 0.6) is 0 Å². The highest BCUT2D eigenvalue weighted by Gasteiger charge is 2.39. The third-order valence-electron chi connectivity index (χ3n) is 6.36. The van der Waals surface area contributed by atoms with Crippen molar-refractivity contribution >= 4 is 29.3 Å². The summed E-state index contributed by atoms with van der Waals surface area (Å²) in [5.74, 6) is 0.758. The minimum absolute atomic E-state index is 0.0413. The molecule has 3 heterocycles. The Morgan fingerprint density at radius 2 is 1.90 bits per heavy atom. The molecule has 0 radical (unpaired) electrons.